The number of nitrogens with zero attached hydrogens (tertiary/aromatic N) is 1. The molecule has 4 heteroatoms. The molecule has 0 radical (unpaired) electrons. The molecule has 1 aliphatic carbocycles. The molecule has 1 aromatic heterocycles. The smallest absolute Gasteiger partial charge is 0.153 e. The normalized spacial score (nSPS) is 21.4. The van der Waals surface area contributed by atoms with E-state index in [-0.39, 0.29) is 11.2 Å². The third-order valence-electron chi connectivity index (χ3n) is 4.81. The van der Waals surface area contributed by atoms with Gasteiger partial charge in [0, 0.05) is 17.2 Å². The van der Waals surface area contributed by atoms with Crippen LogP contribution in [0.5, 0.6) is 0 Å². The van der Waals surface area contributed by atoms with Gasteiger partial charge in [0.05, 0.1) is 0 Å². The predicted molar refractivity (Wildman–Crippen MR) is 83.4 cm³/mol. The molecule has 1 saturated carbocycles. The number of benzene rings is 1. The number of anilines is 1. The molecule has 0 spiro atoms. The van der Waals surface area contributed by atoms with Crippen LogP contribution in [0.2, 0.25) is 0 Å². The van der Waals surface area contributed by atoms with Gasteiger partial charge in [0.2, 0.25) is 0 Å². The number of nitrogens with two attached hydrogens (primary N) is 1. The summed E-state index contributed by atoms with van der Waals surface area (Å²) < 4.78 is 13.2. The Morgan fingerprint density at radius 2 is 1.95 bits per heavy atom. The summed E-state index contributed by atoms with van der Waals surface area (Å²) in [7, 11) is 0. The van der Waals surface area contributed by atoms with Crippen molar-refractivity contribution in [1.29, 1.82) is 0 Å². The lowest BCUT2D eigenvalue weighted by molar-refractivity contribution is 0.196. The van der Waals surface area contributed by atoms with E-state index in [0.717, 1.165) is 23.2 Å². The SMILES string of the molecule is CC1(C)CCCCC1c1[nH]nc(N)c1-c1ccc(F)cc1. The fourth-order valence-electron chi connectivity index (χ4n) is 3.57. The van der Waals surface area contributed by atoms with Gasteiger partial charge in [-0.25, -0.2) is 4.39 Å². The maximum absolute atomic E-state index is 13.2. The lowest BCUT2D eigenvalue weighted by Crippen LogP contribution is -2.26. The highest BCUT2D eigenvalue weighted by Crippen LogP contribution is 2.49. The van der Waals surface area contributed by atoms with E-state index in [1.807, 2.05) is 0 Å². The Balaban J connectivity index is 2.06. The molecule has 0 bridgehead atoms. The van der Waals surface area contributed by atoms with Crippen LogP contribution in [-0.2, 0) is 0 Å². The van der Waals surface area contributed by atoms with E-state index in [9.17, 15) is 4.39 Å². The topological polar surface area (TPSA) is 54.7 Å². The first kappa shape index (κ1) is 14.1. The zero-order chi connectivity index (χ0) is 15.0. The quantitative estimate of drug-likeness (QED) is 0.855. The van der Waals surface area contributed by atoms with Gasteiger partial charge in [-0.05, 0) is 36.0 Å². The molecule has 112 valence electrons. The van der Waals surface area contributed by atoms with E-state index in [1.165, 1.54) is 31.4 Å². The van der Waals surface area contributed by atoms with Crippen molar-refractivity contribution < 1.29 is 4.39 Å². The number of rotatable bonds is 2. The molecular formula is C17H22FN3. The third-order valence-corrected chi connectivity index (χ3v) is 4.81. The first-order valence-electron chi connectivity index (χ1n) is 7.59. The van der Waals surface area contributed by atoms with Gasteiger partial charge < -0.3 is 5.73 Å². The molecular weight excluding hydrogens is 265 g/mol. The second kappa shape index (κ2) is 5.17. The maximum atomic E-state index is 13.2. The molecule has 1 heterocycles. The number of nitrogens with one attached hydrogen (secondary N) is 1. The van der Waals surface area contributed by atoms with Crippen molar-refractivity contribution in [1.82, 2.24) is 10.2 Å². The van der Waals surface area contributed by atoms with Crippen molar-refractivity contribution >= 4 is 5.82 Å². The molecule has 1 unspecified atom stereocenters. The molecule has 1 atom stereocenters. The van der Waals surface area contributed by atoms with E-state index in [1.54, 1.807) is 12.1 Å². The zero-order valence-electron chi connectivity index (χ0n) is 12.6. The molecule has 1 aliphatic rings. The Morgan fingerprint density at radius 3 is 2.62 bits per heavy atom. The van der Waals surface area contributed by atoms with Gasteiger partial charge in [-0.3, -0.25) is 5.10 Å². The molecule has 3 N–H and O–H groups in total. The predicted octanol–water partition coefficient (Wildman–Crippen LogP) is 4.48. The fraction of sp³-hybridized carbons (Fsp3) is 0.471. The second-order valence-electron chi connectivity index (χ2n) is 6.69. The largest absolute Gasteiger partial charge is 0.382 e. The van der Waals surface area contributed by atoms with Gasteiger partial charge in [0.25, 0.3) is 0 Å². The maximum Gasteiger partial charge on any atom is 0.153 e. The molecule has 0 amide bonds. The van der Waals surface area contributed by atoms with Crippen LogP contribution in [0.1, 0.15) is 51.1 Å². The Labute approximate surface area is 124 Å². The minimum absolute atomic E-state index is 0.228. The third kappa shape index (κ3) is 2.55. The number of hydrogen-bond acceptors (Lipinski definition) is 2. The summed E-state index contributed by atoms with van der Waals surface area (Å²) in [6.45, 7) is 4.62. The van der Waals surface area contributed by atoms with Crippen molar-refractivity contribution in [3.8, 4) is 11.1 Å². The van der Waals surface area contributed by atoms with Crippen molar-refractivity contribution in [2.24, 2.45) is 5.41 Å². The van der Waals surface area contributed by atoms with Gasteiger partial charge in [-0.1, -0.05) is 38.8 Å². The zero-order valence-corrected chi connectivity index (χ0v) is 12.6. The number of hydrogen-bond donors (Lipinski definition) is 2. The van der Waals surface area contributed by atoms with Crippen LogP contribution in [0.4, 0.5) is 10.2 Å². The highest BCUT2D eigenvalue weighted by Gasteiger charge is 2.36. The number of aromatic nitrogens is 2. The number of halogens is 1. The fourth-order valence-corrected chi connectivity index (χ4v) is 3.57. The molecule has 0 saturated heterocycles. The Bertz CT molecular complexity index is 628. The first-order chi connectivity index (χ1) is 9.99. The second-order valence-corrected chi connectivity index (χ2v) is 6.69. The van der Waals surface area contributed by atoms with Crippen LogP contribution in [0.15, 0.2) is 24.3 Å². The molecule has 2 aromatic rings. The lowest BCUT2D eigenvalue weighted by atomic mass is 9.67. The van der Waals surface area contributed by atoms with Gasteiger partial charge in [0.15, 0.2) is 5.82 Å². The highest BCUT2D eigenvalue weighted by molar-refractivity contribution is 5.76. The van der Waals surface area contributed by atoms with Crippen LogP contribution >= 0.6 is 0 Å². The lowest BCUT2D eigenvalue weighted by Gasteiger charge is -2.38. The minimum atomic E-state index is -0.236. The van der Waals surface area contributed by atoms with E-state index < -0.39 is 0 Å². The van der Waals surface area contributed by atoms with Gasteiger partial charge in [0.1, 0.15) is 5.82 Å². The van der Waals surface area contributed by atoms with Gasteiger partial charge >= 0.3 is 0 Å². The summed E-state index contributed by atoms with van der Waals surface area (Å²) in [5, 5.41) is 7.36. The van der Waals surface area contributed by atoms with Crippen molar-refractivity contribution in [3.63, 3.8) is 0 Å². The van der Waals surface area contributed by atoms with Crippen LogP contribution < -0.4 is 5.73 Å². The van der Waals surface area contributed by atoms with Crippen molar-refractivity contribution in [2.45, 2.75) is 45.4 Å². The van der Waals surface area contributed by atoms with E-state index >= 15 is 0 Å². The molecule has 1 fully saturated rings. The monoisotopic (exact) mass is 287 g/mol. The first-order valence-corrected chi connectivity index (χ1v) is 7.59. The van der Waals surface area contributed by atoms with Crippen LogP contribution in [0.3, 0.4) is 0 Å². The summed E-state index contributed by atoms with van der Waals surface area (Å²) in [5.41, 5.74) is 9.27. The number of nitrogen functional groups attached to an aromatic ring is 1. The molecule has 1 aromatic carbocycles. The van der Waals surface area contributed by atoms with Gasteiger partial charge in [-0.15, -0.1) is 0 Å². The van der Waals surface area contributed by atoms with Gasteiger partial charge in [-0.2, -0.15) is 5.10 Å². The van der Waals surface area contributed by atoms with Crippen LogP contribution in [0, 0.1) is 11.2 Å². The summed E-state index contributed by atoms with van der Waals surface area (Å²) >= 11 is 0. The Morgan fingerprint density at radius 1 is 1.24 bits per heavy atom. The standard InChI is InChI=1S/C17H22FN3/c1-17(2)10-4-3-5-13(17)15-14(16(19)21-20-15)11-6-8-12(18)9-7-11/h6-9,13H,3-5,10H2,1-2H3,(H3,19,20,21). The summed E-state index contributed by atoms with van der Waals surface area (Å²) in [6.07, 6.45) is 4.86. The number of H-pyrrole nitrogens is 1. The Kier molecular flexibility index (Phi) is 3.47. The van der Waals surface area contributed by atoms with E-state index in [0.29, 0.717) is 11.7 Å². The summed E-state index contributed by atoms with van der Waals surface area (Å²) in [5.74, 6) is 0.675. The number of aromatic amines is 1. The molecule has 0 aliphatic heterocycles. The van der Waals surface area contributed by atoms with Crippen LogP contribution in [0.25, 0.3) is 11.1 Å². The Hall–Kier alpha value is -1.84. The van der Waals surface area contributed by atoms with Crippen LogP contribution in [-0.4, -0.2) is 10.2 Å². The molecule has 21 heavy (non-hydrogen) atoms. The van der Waals surface area contributed by atoms with Crippen molar-refractivity contribution in [2.75, 3.05) is 5.73 Å². The summed E-state index contributed by atoms with van der Waals surface area (Å²) in [6, 6.07) is 6.49. The average molecular weight is 287 g/mol. The van der Waals surface area contributed by atoms with E-state index in [2.05, 4.69) is 24.0 Å². The molecule has 3 nitrogen and oxygen atoms in total. The summed E-state index contributed by atoms with van der Waals surface area (Å²) in [4.78, 5) is 0. The van der Waals surface area contributed by atoms with Crippen molar-refractivity contribution in [3.05, 3.63) is 35.8 Å². The highest BCUT2D eigenvalue weighted by atomic mass is 19.1. The minimum Gasteiger partial charge on any atom is -0.382 e. The molecule has 3 rings (SSSR count). The average Bonchev–Trinajstić information content (AvgIpc) is 2.81. The van der Waals surface area contributed by atoms with E-state index in [4.69, 9.17) is 5.73 Å².